The summed E-state index contributed by atoms with van der Waals surface area (Å²) in [6, 6.07) is 17.1. The number of rotatable bonds is 11. The summed E-state index contributed by atoms with van der Waals surface area (Å²) in [5.41, 5.74) is 3.04. The first kappa shape index (κ1) is 30.0. The third-order valence-electron chi connectivity index (χ3n) is 6.17. The average molecular weight is 585 g/mol. The largest absolute Gasteiger partial charge is 0.460 e. The minimum absolute atomic E-state index is 0.0137. The number of aromatic nitrogens is 2. The number of nitrogen functional groups attached to an aromatic ring is 1. The highest BCUT2D eigenvalue weighted by Crippen LogP contribution is 2.47. The number of anilines is 1. The number of hydrogen-bond donors (Lipinski definition) is 4. The van der Waals surface area contributed by atoms with Crippen LogP contribution >= 0.6 is 7.75 Å². The number of para-hydroxylation sites is 1. The number of ether oxygens (including phenoxy) is 2. The molecule has 1 aromatic heterocycles. The van der Waals surface area contributed by atoms with Gasteiger partial charge in [-0.1, -0.05) is 54.5 Å². The average Bonchev–Trinajstić information content (AvgIpc) is 3.21. The van der Waals surface area contributed by atoms with Gasteiger partial charge in [-0.15, -0.1) is 6.42 Å². The van der Waals surface area contributed by atoms with E-state index in [9.17, 15) is 24.4 Å². The summed E-state index contributed by atoms with van der Waals surface area (Å²) in [5, 5.41) is 24.4. The Bertz CT molecular complexity index is 1500. The molecule has 2 heterocycles. The molecule has 5 N–H and O–H groups in total. The first-order valence-electron chi connectivity index (χ1n) is 12.4. The summed E-state index contributed by atoms with van der Waals surface area (Å²) in [7, 11) is -4.38. The molecule has 0 amide bonds. The van der Waals surface area contributed by atoms with E-state index in [0.29, 0.717) is 0 Å². The SMILES string of the molecule is C#C[C@@]1(O)[C@@H](COP(=O)(N[C@@H](C)C(=O)OCc2ccccc2)Oc2ccccc2)O[C@@H](n2ccc(N)nc2=O)[C@@H]1O. The maximum atomic E-state index is 13.9. The fourth-order valence-electron chi connectivity index (χ4n) is 3.96. The topological polar surface area (TPSA) is 184 Å². The Balaban J connectivity index is 1.51. The molecule has 13 nitrogen and oxygen atoms in total. The molecule has 2 aromatic carbocycles. The van der Waals surface area contributed by atoms with Gasteiger partial charge in [-0.2, -0.15) is 10.1 Å². The van der Waals surface area contributed by atoms with Crippen LogP contribution in [0.15, 0.2) is 77.7 Å². The van der Waals surface area contributed by atoms with Crippen molar-refractivity contribution in [3.8, 4) is 18.1 Å². The summed E-state index contributed by atoms with van der Waals surface area (Å²) in [4.78, 5) is 28.6. The molecular weight excluding hydrogens is 555 g/mol. The Hall–Kier alpha value is -4.02. The highest BCUT2D eigenvalue weighted by Gasteiger charge is 2.56. The standard InChI is InChI=1S/C27H29N4O9P/c1-3-27(35)21(39-24(23(27)32)31-15-14-22(28)29-26(31)34)17-38-41(36,40-20-12-8-5-9-13-20)30-18(2)25(33)37-16-19-10-6-4-7-11-19/h1,4-15,18,21,23-24,32,35H,16-17H2,2H3,(H,30,36)(H2,28,29,34)/t18-,21+,23-,24+,27+,41?/m0/s1. The van der Waals surface area contributed by atoms with Crippen molar-refractivity contribution in [2.45, 2.75) is 43.6 Å². The van der Waals surface area contributed by atoms with E-state index in [0.717, 1.165) is 10.1 Å². The second-order valence-electron chi connectivity index (χ2n) is 9.11. The van der Waals surface area contributed by atoms with Gasteiger partial charge in [-0.05, 0) is 30.7 Å². The number of carbonyl (C=O) groups is 1. The Kier molecular flexibility index (Phi) is 9.25. The predicted molar refractivity (Wildman–Crippen MR) is 146 cm³/mol. The fourth-order valence-corrected chi connectivity index (χ4v) is 5.45. The smallest absolute Gasteiger partial charge is 0.459 e. The summed E-state index contributed by atoms with van der Waals surface area (Å²) < 4.78 is 36.9. The Morgan fingerprint density at radius 1 is 1.24 bits per heavy atom. The van der Waals surface area contributed by atoms with E-state index >= 15 is 0 Å². The molecule has 14 heteroatoms. The van der Waals surface area contributed by atoms with Crippen molar-refractivity contribution in [3.05, 3.63) is 89.0 Å². The lowest BCUT2D eigenvalue weighted by atomic mass is 9.93. The zero-order valence-electron chi connectivity index (χ0n) is 21.9. The van der Waals surface area contributed by atoms with Gasteiger partial charge in [0.15, 0.2) is 11.8 Å². The minimum atomic E-state index is -4.38. The Morgan fingerprint density at radius 3 is 2.54 bits per heavy atom. The quantitative estimate of drug-likeness (QED) is 0.144. The van der Waals surface area contributed by atoms with Gasteiger partial charge in [0.2, 0.25) is 0 Å². The van der Waals surface area contributed by atoms with Gasteiger partial charge in [-0.3, -0.25) is 13.9 Å². The highest BCUT2D eigenvalue weighted by molar-refractivity contribution is 7.52. The van der Waals surface area contributed by atoms with E-state index in [1.165, 1.54) is 31.3 Å². The molecule has 0 saturated carbocycles. The van der Waals surface area contributed by atoms with Crippen molar-refractivity contribution in [1.82, 2.24) is 14.6 Å². The molecule has 6 atom stereocenters. The number of carbonyl (C=O) groups excluding carboxylic acids is 1. The molecule has 1 saturated heterocycles. The maximum absolute atomic E-state index is 13.9. The van der Waals surface area contributed by atoms with E-state index in [-0.39, 0.29) is 18.2 Å². The molecule has 1 fully saturated rings. The van der Waals surface area contributed by atoms with Crippen LogP contribution in [0.1, 0.15) is 18.7 Å². The number of aliphatic hydroxyl groups is 2. The van der Waals surface area contributed by atoms with Crippen LogP contribution in [0.2, 0.25) is 0 Å². The van der Waals surface area contributed by atoms with Crippen LogP contribution in [0.4, 0.5) is 5.82 Å². The van der Waals surface area contributed by atoms with Gasteiger partial charge in [-0.25, -0.2) is 9.36 Å². The number of nitrogens with one attached hydrogen (secondary N) is 1. The van der Waals surface area contributed by atoms with Crippen molar-refractivity contribution in [2.24, 2.45) is 0 Å². The molecule has 3 aromatic rings. The van der Waals surface area contributed by atoms with E-state index in [4.69, 9.17) is 30.7 Å². The molecule has 4 rings (SSSR count). The molecule has 0 radical (unpaired) electrons. The molecule has 1 unspecified atom stereocenters. The lowest BCUT2D eigenvalue weighted by Gasteiger charge is -2.27. The number of aliphatic hydroxyl groups excluding tert-OH is 1. The van der Waals surface area contributed by atoms with Crippen LogP contribution in [0.5, 0.6) is 5.75 Å². The van der Waals surface area contributed by atoms with Gasteiger partial charge in [0.25, 0.3) is 0 Å². The maximum Gasteiger partial charge on any atom is 0.459 e. The fraction of sp³-hybridized carbons (Fsp3) is 0.296. The highest BCUT2D eigenvalue weighted by atomic mass is 31.2. The summed E-state index contributed by atoms with van der Waals surface area (Å²) >= 11 is 0. The van der Waals surface area contributed by atoms with Crippen molar-refractivity contribution < 1.29 is 38.1 Å². The second-order valence-corrected chi connectivity index (χ2v) is 10.8. The van der Waals surface area contributed by atoms with Crippen LogP contribution in [-0.2, 0) is 30.0 Å². The third kappa shape index (κ3) is 7.01. The molecule has 0 aliphatic carbocycles. The first-order valence-corrected chi connectivity index (χ1v) is 13.9. The first-order chi connectivity index (χ1) is 19.5. The number of esters is 1. The van der Waals surface area contributed by atoms with Gasteiger partial charge in [0.05, 0.1) is 6.61 Å². The number of terminal acetylenes is 1. The third-order valence-corrected chi connectivity index (χ3v) is 7.81. The molecular formula is C27H29N4O9P. The van der Waals surface area contributed by atoms with Crippen molar-refractivity contribution >= 4 is 19.5 Å². The predicted octanol–water partition coefficient (Wildman–Crippen LogP) is 1.37. The summed E-state index contributed by atoms with van der Waals surface area (Å²) in [6.07, 6.45) is 1.96. The number of nitrogens with zero attached hydrogens (tertiary/aromatic N) is 2. The second kappa shape index (κ2) is 12.7. The molecule has 216 valence electrons. The summed E-state index contributed by atoms with van der Waals surface area (Å²) in [6.45, 7) is 0.705. The molecule has 41 heavy (non-hydrogen) atoms. The zero-order valence-corrected chi connectivity index (χ0v) is 22.8. The molecule has 1 aliphatic heterocycles. The van der Waals surface area contributed by atoms with Gasteiger partial charge >= 0.3 is 19.4 Å². The number of benzene rings is 2. The van der Waals surface area contributed by atoms with E-state index in [2.05, 4.69) is 16.0 Å². The molecule has 0 bridgehead atoms. The van der Waals surface area contributed by atoms with Crippen molar-refractivity contribution in [1.29, 1.82) is 0 Å². The van der Waals surface area contributed by atoms with E-state index < -0.39 is 56.1 Å². The van der Waals surface area contributed by atoms with Crippen molar-refractivity contribution in [3.63, 3.8) is 0 Å². The number of nitrogens with two attached hydrogens (primary N) is 1. The van der Waals surface area contributed by atoms with Gasteiger partial charge < -0.3 is 29.9 Å². The molecule has 0 spiro atoms. The monoisotopic (exact) mass is 584 g/mol. The van der Waals surface area contributed by atoms with E-state index in [1.807, 2.05) is 6.07 Å². The minimum Gasteiger partial charge on any atom is -0.460 e. The van der Waals surface area contributed by atoms with Crippen LogP contribution in [-0.4, -0.2) is 56.2 Å². The lowest BCUT2D eigenvalue weighted by Crippen LogP contribution is -2.48. The number of hydrogen-bond acceptors (Lipinski definition) is 11. The van der Waals surface area contributed by atoms with Crippen molar-refractivity contribution in [2.75, 3.05) is 12.3 Å². The molecule has 1 aliphatic rings. The van der Waals surface area contributed by atoms with E-state index in [1.54, 1.807) is 42.5 Å². The Labute approximate surface area is 235 Å². The van der Waals surface area contributed by atoms with Crippen LogP contribution in [0.25, 0.3) is 0 Å². The lowest BCUT2D eigenvalue weighted by molar-refractivity contribution is -0.146. The van der Waals surface area contributed by atoms with Gasteiger partial charge in [0, 0.05) is 6.20 Å². The summed E-state index contributed by atoms with van der Waals surface area (Å²) in [5.74, 6) is 1.41. The van der Waals surface area contributed by atoms with Crippen LogP contribution in [0.3, 0.4) is 0 Å². The zero-order chi connectivity index (χ0) is 29.6. The Morgan fingerprint density at radius 2 is 1.90 bits per heavy atom. The van der Waals surface area contributed by atoms with Gasteiger partial charge in [0.1, 0.15) is 36.4 Å². The normalized spacial score (nSPS) is 24.1. The van der Waals surface area contributed by atoms with Crippen LogP contribution < -0.4 is 21.0 Å². The van der Waals surface area contributed by atoms with Crippen LogP contribution in [0, 0.1) is 12.3 Å².